The normalized spacial score (nSPS) is 21.0. The SMILES string of the molecule is C=C(PC(C)CC)N(C=N)c1ccc(N2CCN(c3ccc(CCC4CCC(CN(C)N)(c5ccccn5)C4)cc3)CC2)cc1. The topological polar surface area (TPSA) is 75.7 Å². The van der Waals surface area contributed by atoms with E-state index in [1.54, 1.807) is 0 Å². The highest BCUT2D eigenvalue weighted by molar-refractivity contribution is 7.44. The van der Waals surface area contributed by atoms with Crippen LogP contribution in [0.25, 0.3) is 0 Å². The van der Waals surface area contributed by atoms with Crippen LogP contribution in [-0.2, 0) is 11.8 Å². The maximum atomic E-state index is 7.94. The van der Waals surface area contributed by atoms with Gasteiger partial charge in [-0.3, -0.25) is 16.2 Å². The molecule has 5 rings (SSSR count). The number of aromatic nitrogens is 1. The van der Waals surface area contributed by atoms with Gasteiger partial charge < -0.3 is 14.7 Å². The number of nitrogens with one attached hydrogen (secondary N) is 1. The van der Waals surface area contributed by atoms with Crippen LogP contribution in [0.3, 0.4) is 0 Å². The van der Waals surface area contributed by atoms with Crippen molar-refractivity contribution in [3.8, 4) is 0 Å². The van der Waals surface area contributed by atoms with Gasteiger partial charge in [0.1, 0.15) is 0 Å². The number of rotatable bonds is 14. The van der Waals surface area contributed by atoms with Gasteiger partial charge in [-0.25, -0.2) is 5.01 Å². The van der Waals surface area contributed by atoms with Crippen molar-refractivity contribution >= 4 is 32.0 Å². The standard InChI is InChI=1S/C37H52N7P/c1-5-29(2)45-30(3)44(28-38)35-17-15-34(16-18-35)43-24-22-42(23-25-43)33-13-11-31(12-14-33)9-10-32-19-20-37(26-32,27-41(4)39)36-8-6-7-21-40-36/h6-8,11-18,21,28-29,32,38,45H,3,5,9-10,19-20,22-27,39H2,1-2,4H3. The number of hydrogen-bond donors (Lipinski definition) is 2. The highest BCUT2D eigenvalue weighted by Crippen LogP contribution is 2.45. The summed E-state index contributed by atoms with van der Waals surface area (Å²) in [7, 11) is 2.60. The Labute approximate surface area is 272 Å². The van der Waals surface area contributed by atoms with Crippen LogP contribution in [0.15, 0.2) is 84.9 Å². The number of nitrogens with two attached hydrogens (primary N) is 1. The Morgan fingerprint density at radius 2 is 1.71 bits per heavy atom. The van der Waals surface area contributed by atoms with E-state index in [9.17, 15) is 0 Å². The van der Waals surface area contributed by atoms with Crippen LogP contribution in [-0.4, -0.2) is 61.8 Å². The van der Waals surface area contributed by atoms with Crippen molar-refractivity contribution in [2.45, 2.75) is 63.4 Å². The first-order valence-corrected chi connectivity index (χ1v) is 17.7. The number of pyridine rings is 1. The summed E-state index contributed by atoms with van der Waals surface area (Å²) in [5, 5.41) is 9.78. The zero-order chi connectivity index (χ0) is 31.8. The van der Waals surface area contributed by atoms with E-state index >= 15 is 0 Å². The summed E-state index contributed by atoms with van der Waals surface area (Å²) in [6.07, 6.45) is 10.3. The van der Waals surface area contributed by atoms with Crippen molar-refractivity contribution in [1.29, 1.82) is 5.41 Å². The highest BCUT2D eigenvalue weighted by atomic mass is 31.1. The van der Waals surface area contributed by atoms with Crippen LogP contribution < -0.4 is 20.5 Å². The van der Waals surface area contributed by atoms with Gasteiger partial charge >= 0.3 is 0 Å². The third kappa shape index (κ3) is 8.32. The Hall–Kier alpha value is -3.25. The molecule has 2 fully saturated rings. The van der Waals surface area contributed by atoms with Gasteiger partial charge in [-0.15, -0.1) is 0 Å². The number of benzene rings is 2. The maximum Gasteiger partial charge on any atom is 0.0907 e. The number of hydrogen-bond acceptors (Lipinski definition) is 6. The first-order chi connectivity index (χ1) is 21.8. The first kappa shape index (κ1) is 33.1. The molecule has 3 N–H and O–H groups in total. The first-order valence-electron chi connectivity index (χ1n) is 16.6. The Bertz CT molecular complexity index is 1370. The number of aryl methyl sites for hydroxylation is 1. The van der Waals surface area contributed by atoms with Crippen LogP contribution in [0, 0.1) is 11.3 Å². The molecule has 45 heavy (non-hydrogen) atoms. The van der Waals surface area contributed by atoms with Gasteiger partial charge in [-0.2, -0.15) is 0 Å². The van der Waals surface area contributed by atoms with Gasteiger partial charge in [0.2, 0.25) is 0 Å². The van der Waals surface area contributed by atoms with Gasteiger partial charge in [-0.1, -0.05) is 47.2 Å². The Morgan fingerprint density at radius 3 is 2.27 bits per heavy atom. The lowest BCUT2D eigenvalue weighted by Crippen LogP contribution is -2.46. The molecule has 1 saturated carbocycles. The predicted molar refractivity (Wildman–Crippen MR) is 194 cm³/mol. The number of likely N-dealkylation sites (N-methyl/N-ethyl adjacent to an activating group) is 1. The van der Waals surface area contributed by atoms with Crippen LogP contribution in [0.2, 0.25) is 0 Å². The number of anilines is 3. The molecule has 240 valence electrons. The number of nitrogens with zero attached hydrogens (tertiary/aromatic N) is 5. The van der Waals surface area contributed by atoms with Crippen molar-refractivity contribution in [3.63, 3.8) is 0 Å². The van der Waals surface area contributed by atoms with Crippen molar-refractivity contribution in [1.82, 2.24) is 9.99 Å². The minimum atomic E-state index is 0.0623. The van der Waals surface area contributed by atoms with Crippen molar-refractivity contribution in [2.24, 2.45) is 11.8 Å². The molecule has 1 aromatic heterocycles. The van der Waals surface area contributed by atoms with Crippen LogP contribution in [0.4, 0.5) is 17.1 Å². The van der Waals surface area contributed by atoms with Gasteiger partial charge in [0.05, 0.1) is 6.34 Å². The monoisotopic (exact) mass is 625 g/mol. The summed E-state index contributed by atoms with van der Waals surface area (Å²) in [6, 6.07) is 24.2. The zero-order valence-electron chi connectivity index (χ0n) is 27.5. The second-order valence-corrected chi connectivity index (χ2v) is 15.0. The maximum absolute atomic E-state index is 7.94. The van der Waals surface area contributed by atoms with Crippen LogP contribution >= 0.6 is 8.58 Å². The van der Waals surface area contributed by atoms with Crippen molar-refractivity contribution in [3.05, 3.63) is 96.2 Å². The molecule has 1 aliphatic carbocycles. The molecule has 1 saturated heterocycles. The van der Waals surface area contributed by atoms with Crippen molar-refractivity contribution < 1.29 is 0 Å². The van der Waals surface area contributed by atoms with E-state index in [1.165, 1.54) is 41.8 Å². The Balaban J connectivity index is 1.10. The van der Waals surface area contributed by atoms with E-state index in [4.69, 9.17) is 16.2 Å². The van der Waals surface area contributed by atoms with E-state index in [2.05, 4.69) is 90.9 Å². The molecule has 1 aliphatic heterocycles. The summed E-state index contributed by atoms with van der Waals surface area (Å²) in [4.78, 5) is 11.6. The molecule has 0 radical (unpaired) electrons. The molecule has 8 heteroatoms. The average Bonchev–Trinajstić information content (AvgIpc) is 3.48. The van der Waals surface area contributed by atoms with Crippen LogP contribution in [0.1, 0.15) is 57.2 Å². The summed E-state index contributed by atoms with van der Waals surface area (Å²) in [5.41, 5.74) is 7.84. The van der Waals surface area contributed by atoms with E-state index < -0.39 is 0 Å². The predicted octanol–water partition coefficient (Wildman–Crippen LogP) is 7.25. The lowest BCUT2D eigenvalue weighted by Gasteiger charge is -2.37. The third-order valence-corrected chi connectivity index (χ3v) is 11.3. The molecule has 0 bridgehead atoms. The second-order valence-electron chi connectivity index (χ2n) is 13.1. The number of piperazine rings is 1. The second kappa shape index (κ2) is 15.4. The molecular formula is C37H52N7P. The Kier molecular flexibility index (Phi) is 11.3. The fourth-order valence-electron chi connectivity index (χ4n) is 7.15. The summed E-state index contributed by atoms with van der Waals surface area (Å²) < 4.78 is 0. The molecule has 0 spiro atoms. The smallest absolute Gasteiger partial charge is 0.0907 e. The van der Waals surface area contributed by atoms with Gasteiger partial charge in [0.25, 0.3) is 0 Å². The van der Waals surface area contributed by atoms with Crippen molar-refractivity contribution in [2.75, 3.05) is 54.5 Å². The fraction of sp³-hybridized carbons (Fsp3) is 0.459. The molecule has 4 atom stereocenters. The van der Waals surface area contributed by atoms with Crippen LogP contribution in [0.5, 0.6) is 0 Å². The van der Waals surface area contributed by atoms with E-state index in [-0.39, 0.29) is 5.41 Å². The zero-order valence-corrected chi connectivity index (χ0v) is 28.5. The van der Waals surface area contributed by atoms with Gasteiger partial charge in [0.15, 0.2) is 0 Å². The van der Waals surface area contributed by atoms with Gasteiger partial charge in [0, 0.05) is 79.6 Å². The molecule has 2 aromatic carbocycles. The highest BCUT2D eigenvalue weighted by Gasteiger charge is 2.41. The molecule has 2 heterocycles. The minimum Gasteiger partial charge on any atom is -0.368 e. The summed E-state index contributed by atoms with van der Waals surface area (Å²) in [6.45, 7) is 13.6. The van der Waals surface area contributed by atoms with E-state index in [1.807, 2.05) is 29.2 Å². The largest absolute Gasteiger partial charge is 0.368 e. The van der Waals surface area contributed by atoms with E-state index in [0.717, 1.165) is 69.5 Å². The van der Waals surface area contributed by atoms with Gasteiger partial charge in [-0.05, 0) is 104 Å². The molecular weight excluding hydrogens is 573 g/mol. The van der Waals surface area contributed by atoms with E-state index in [0.29, 0.717) is 20.2 Å². The summed E-state index contributed by atoms with van der Waals surface area (Å²) >= 11 is 0. The molecule has 4 unspecified atom stereocenters. The third-order valence-electron chi connectivity index (χ3n) is 9.83. The molecule has 2 aliphatic rings. The average molecular weight is 626 g/mol. The molecule has 3 aromatic rings. The molecule has 7 nitrogen and oxygen atoms in total. The fourth-order valence-corrected chi connectivity index (χ4v) is 8.26. The lowest BCUT2D eigenvalue weighted by molar-refractivity contribution is 0.240. The quantitative estimate of drug-likeness (QED) is 0.0647. The number of hydrazine groups is 1. The lowest BCUT2D eigenvalue weighted by atomic mass is 9.80. The molecule has 0 amide bonds. The Morgan fingerprint density at radius 1 is 1.07 bits per heavy atom. The summed E-state index contributed by atoms with van der Waals surface area (Å²) in [5.74, 6) is 6.85. The minimum absolute atomic E-state index is 0.0623.